The first kappa shape index (κ1) is 15.8. The predicted molar refractivity (Wildman–Crippen MR) is 94.0 cm³/mol. The fourth-order valence-corrected chi connectivity index (χ4v) is 2.54. The van der Waals surface area contributed by atoms with Crippen molar-refractivity contribution < 1.29 is 14.3 Å². The Morgan fingerprint density at radius 2 is 1.83 bits per heavy atom. The number of ether oxygens (including phenoxy) is 2. The van der Waals surface area contributed by atoms with Gasteiger partial charge in [0.1, 0.15) is 11.5 Å². The Morgan fingerprint density at radius 1 is 1.04 bits per heavy atom. The molecule has 3 rings (SSSR count). The number of amides is 1. The van der Waals surface area contributed by atoms with Crippen LogP contribution in [0.25, 0.3) is 10.9 Å². The highest BCUT2D eigenvalue weighted by molar-refractivity contribution is 6.07. The second kappa shape index (κ2) is 6.58. The molecule has 1 aromatic heterocycles. The maximum atomic E-state index is 12.6. The van der Waals surface area contributed by atoms with Gasteiger partial charge in [0.15, 0.2) is 0 Å². The molecule has 0 atom stereocenters. The van der Waals surface area contributed by atoms with Gasteiger partial charge in [-0.25, -0.2) is 0 Å². The number of fused-ring (bicyclic) bond motifs is 1. The number of anilines is 1. The summed E-state index contributed by atoms with van der Waals surface area (Å²) in [5.74, 6) is 1.13. The third kappa shape index (κ3) is 3.01. The number of benzene rings is 2. The van der Waals surface area contributed by atoms with Gasteiger partial charge in [-0.05, 0) is 37.3 Å². The van der Waals surface area contributed by atoms with Crippen molar-refractivity contribution in [3.63, 3.8) is 0 Å². The van der Waals surface area contributed by atoms with Crippen LogP contribution in [0, 0.1) is 6.92 Å². The molecule has 0 aliphatic carbocycles. The molecule has 3 aromatic rings. The minimum absolute atomic E-state index is 0.220. The van der Waals surface area contributed by atoms with Crippen LogP contribution in [-0.2, 0) is 0 Å². The van der Waals surface area contributed by atoms with Crippen LogP contribution in [0.15, 0.2) is 48.5 Å². The van der Waals surface area contributed by atoms with Crippen molar-refractivity contribution in [1.29, 1.82) is 0 Å². The van der Waals surface area contributed by atoms with E-state index in [9.17, 15) is 4.79 Å². The second-order valence-corrected chi connectivity index (χ2v) is 5.33. The lowest BCUT2D eigenvalue weighted by Crippen LogP contribution is -2.14. The van der Waals surface area contributed by atoms with Gasteiger partial charge in [-0.3, -0.25) is 9.78 Å². The van der Waals surface area contributed by atoms with E-state index in [-0.39, 0.29) is 5.91 Å². The summed E-state index contributed by atoms with van der Waals surface area (Å²) in [6.45, 7) is 1.82. The standard InChI is InChI=1S/C19H18N2O3/c1-12-15(10-13-8-9-14(23-2)11-17(13)20-12)19(22)21-16-6-4-5-7-18(16)24-3/h4-11H,1-3H3,(H,21,22). The lowest BCUT2D eigenvalue weighted by Gasteiger charge is -2.12. The fourth-order valence-electron chi connectivity index (χ4n) is 2.54. The van der Waals surface area contributed by atoms with Crippen LogP contribution in [-0.4, -0.2) is 25.1 Å². The molecule has 1 N–H and O–H groups in total. The van der Waals surface area contributed by atoms with Crippen LogP contribution in [0.3, 0.4) is 0 Å². The second-order valence-electron chi connectivity index (χ2n) is 5.33. The monoisotopic (exact) mass is 322 g/mol. The highest BCUT2D eigenvalue weighted by atomic mass is 16.5. The van der Waals surface area contributed by atoms with Gasteiger partial charge in [-0.15, -0.1) is 0 Å². The Balaban J connectivity index is 1.96. The molecule has 1 amide bonds. The summed E-state index contributed by atoms with van der Waals surface area (Å²) in [5, 5.41) is 3.76. The fraction of sp³-hybridized carbons (Fsp3) is 0.158. The van der Waals surface area contributed by atoms with Crippen molar-refractivity contribution in [2.24, 2.45) is 0 Å². The van der Waals surface area contributed by atoms with Crippen molar-refractivity contribution in [2.75, 3.05) is 19.5 Å². The number of para-hydroxylation sites is 2. The van der Waals surface area contributed by atoms with E-state index in [2.05, 4.69) is 10.3 Å². The normalized spacial score (nSPS) is 10.5. The summed E-state index contributed by atoms with van der Waals surface area (Å²) in [7, 11) is 3.18. The average molecular weight is 322 g/mol. The topological polar surface area (TPSA) is 60.5 Å². The molecule has 24 heavy (non-hydrogen) atoms. The molecule has 0 bridgehead atoms. The van der Waals surface area contributed by atoms with E-state index in [0.717, 1.165) is 16.7 Å². The first-order valence-corrected chi connectivity index (χ1v) is 7.52. The molecular weight excluding hydrogens is 304 g/mol. The largest absolute Gasteiger partial charge is 0.497 e. The average Bonchev–Trinajstić information content (AvgIpc) is 2.60. The number of nitrogens with zero attached hydrogens (tertiary/aromatic N) is 1. The van der Waals surface area contributed by atoms with E-state index >= 15 is 0 Å². The Hall–Kier alpha value is -3.08. The van der Waals surface area contributed by atoms with Crippen molar-refractivity contribution in [3.05, 3.63) is 59.8 Å². The molecule has 5 nitrogen and oxygen atoms in total. The van der Waals surface area contributed by atoms with Crippen LogP contribution in [0.1, 0.15) is 16.1 Å². The minimum Gasteiger partial charge on any atom is -0.497 e. The molecule has 0 aliphatic heterocycles. The van der Waals surface area contributed by atoms with Crippen molar-refractivity contribution in [1.82, 2.24) is 4.98 Å². The first-order valence-electron chi connectivity index (χ1n) is 7.52. The summed E-state index contributed by atoms with van der Waals surface area (Å²) >= 11 is 0. The molecule has 0 saturated heterocycles. The molecule has 5 heteroatoms. The third-order valence-electron chi connectivity index (χ3n) is 3.82. The molecule has 0 saturated carbocycles. The van der Waals surface area contributed by atoms with Gasteiger partial charge in [0.2, 0.25) is 0 Å². The van der Waals surface area contributed by atoms with Crippen LogP contribution in [0.4, 0.5) is 5.69 Å². The van der Waals surface area contributed by atoms with Gasteiger partial charge < -0.3 is 14.8 Å². The highest BCUT2D eigenvalue weighted by Crippen LogP contribution is 2.25. The summed E-state index contributed by atoms with van der Waals surface area (Å²) in [6.07, 6.45) is 0. The number of aryl methyl sites for hydroxylation is 1. The zero-order valence-corrected chi connectivity index (χ0v) is 13.8. The van der Waals surface area contributed by atoms with Gasteiger partial charge in [0, 0.05) is 11.5 Å². The van der Waals surface area contributed by atoms with Gasteiger partial charge in [0.05, 0.1) is 36.7 Å². The molecule has 0 spiro atoms. The molecular formula is C19H18N2O3. The SMILES string of the molecule is COc1ccc2cc(C(=O)Nc3ccccc3OC)c(C)nc2c1. The summed E-state index contributed by atoms with van der Waals surface area (Å²) in [5.41, 5.74) is 2.60. The first-order chi connectivity index (χ1) is 11.6. The van der Waals surface area contributed by atoms with Crippen molar-refractivity contribution in [3.8, 4) is 11.5 Å². The lowest BCUT2D eigenvalue weighted by atomic mass is 10.1. The molecule has 122 valence electrons. The smallest absolute Gasteiger partial charge is 0.257 e. The number of methoxy groups -OCH3 is 2. The van der Waals surface area contributed by atoms with Gasteiger partial charge in [-0.2, -0.15) is 0 Å². The van der Waals surface area contributed by atoms with Crippen LogP contribution < -0.4 is 14.8 Å². The van der Waals surface area contributed by atoms with Gasteiger partial charge >= 0.3 is 0 Å². The number of carbonyl (C=O) groups excluding carboxylic acids is 1. The summed E-state index contributed by atoms with van der Waals surface area (Å²) in [4.78, 5) is 17.2. The van der Waals surface area contributed by atoms with Gasteiger partial charge in [0.25, 0.3) is 5.91 Å². The summed E-state index contributed by atoms with van der Waals surface area (Å²) < 4.78 is 10.5. The maximum absolute atomic E-state index is 12.6. The highest BCUT2D eigenvalue weighted by Gasteiger charge is 2.14. The Bertz CT molecular complexity index is 906. The van der Waals surface area contributed by atoms with E-state index in [4.69, 9.17) is 9.47 Å². The quantitative estimate of drug-likeness (QED) is 0.793. The minimum atomic E-state index is -0.220. The molecule has 0 aliphatic rings. The molecule has 0 radical (unpaired) electrons. The molecule has 0 fully saturated rings. The number of carbonyl (C=O) groups is 1. The van der Waals surface area contributed by atoms with Crippen LogP contribution in [0.5, 0.6) is 11.5 Å². The Morgan fingerprint density at radius 3 is 2.58 bits per heavy atom. The predicted octanol–water partition coefficient (Wildman–Crippen LogP) is 3.81. The lowest BCUT2D eigenvalue weighted by molar-refractivity contribution is 0.102. The van der Waals surface area contributed by atoms with E-state index in [1.807, 2.05) is 43.3 Å². The van der Waals surface area contributed by atoms with E-state index < -0.39 is 0 Å². The molecule has 1 heterocycles. The third-order valence-corrected chi connectivity index (χ3v) is 3.82. The number of rotatable bonds is 4. The van der Waals surface area contributed by atoms with E-state index in [1.165, 1.54) is 0 Å². The van der Waals surface area contributed by atoms with Crippen LogP contribution >= 0.6 is 0 Å². The van der Waals surface area contributed by atoms with E-state index in [0.29, 0.717) is 22.7 Å². The number of hydrogen-bond donors (Lipinski definition) is 1. The molecule has 2 aromatic carbocycles. The van der Waals surface area contributed by atoms with Crippen LogP contribution in [0.2, 0.25) is 0 Å². The molecule has 0 unspecified atom stereocenters. The summed E-state index contributed by atoms with van der Waals surface area (Å²) in [6, 6.07) is 14.7. The number of hydrogen-bond acceptors (Lipinski definition) is 4. The number of pyridine rings is 1. The van der Waals surface area contributed by atoms with Crippen molar-refractivity contribution >= 4 is 22.5 Å². The number of nitrogens with one attached hydrogen (secondary N) is 1. The zero-order chi connectivity index (χ0) is 17.1. The van der Waals surface area contributed by atoms with Gasteiger partial charge in [-0.1, -0.05) is 12.1 Å². The number of aromatic nitrogens is 1. The Labute approximate surface area is 140 Å². The maximum Gasteiger partial charge on any atom is 0.257 e. The van der Waals surface area contributed by atoms with E-state index in [1.54, 1.807) is 26.4 Å². The van der Waals surface area contributed by atoms with Crippen molar-refractivity contribution in [2.45, 2.75) is 6.92 Å². The Kier molecular flexibility index (Phi) is 4.33. The zero-order valence-electron chi connectivity index (χ0n) is 13.8.